The summed E-state index contributed by atoms with van der Waals surface area (Å²) in [5, 5.41) is 0. The van der Waals surface area contributed by atoms with Crippen LogP contribution < -0.4 is 0 Å². The molecule has 0 fully saturated rings. The quantitative estimate of drug-likeness (QED) is 0.724. The molecule has 0 heterocycles. The minimum atomic E-state index is -1.17. The van der Waals surface area contributed by atoms with Gasteiger partial charge in [-0.1, -0.05) is 30.3 Å². The van der Waals surface area contributed by atoms with E-state index in [0.717, 1.165) is 5.56 Å². The van der Waals surface area contributed by atoms with Crippen LogP contribution in [0.4, 0.5) is 0 Å². The number of hydrogen-bond donors (Lipinski definition) is 0. The molecule has 0 radical (unpaired) electrons. The Morgan fingerprint density at radius 3 is 2.32 bits per heavy atom. The molecule has 19 heavy (non-hydrogen) atoms. The summed E-state index contributed by atoms with van der Waals surface area (Å²) in [6.45, 7) is 1.18. The van der Waals surface area contributed by atoms with Crippen LogP contribution in [0.5, 0.6) is 0 Å². The van der Waals surface area contributed by atoms with Gasteiger partial charge in [0, 0.05) is 13.3 Å². The predicted molar refractivity (Wildman–Crippen MR) is 67.3 cm³/mol. The maximum absolute atomic E-state index is 11.8. The van der Waals surface area contributed by atoms with Gasteiger partial charge in [0.2, 0.25) is 6.10 Å². The minimum Gasteiger partial charge on any atom is -0.466 e. The van der Waals surface area contributed by atoms with E-state index in [1.165, 1.54) is 14.0 Å². The molecule has 0 saturated carbocycles. The van der Waals surface area contributed by atoms with Crippen LogP contribution in [0.1, 0.15) is 18.9 Å². The van der Waals surface area contributed by atoms with Crippen molar-refractivity contribution in [1.82, 2.24) is 0 Å². The molecular weight excluding hydrogens is 248 g/mol. The Hall–Kier alpha value is -2.17. The van der Waals surface area contributed by atoms with Crippen molar-refractivity contribution in [2.45, 2.75) is 25.9 Å². The molecule has 0 unspecified atom stereocenters. The fourth-order valence-corrected chi connectivity index (χ4v) is 1.61. The van der Waals surface area contributed by atoms with Crippen molar-refractivity contribution in [1.29, 1.82) is 0 Å². The number of carbonyl (C=O) groups is 3. The lowest BCUT2D eigenvalue weighted by Crippen LogP contribution is -2.30. The largest absolute Gasteiger partial charge is 0.466 e. The van der Waals surface area contributed by atoms with E-state index in [0.29, 0.717) is 0 Å². The summed E-state index contributed by atoms with van der Waals surface area (Å²) in [6, 6.07) is 9.14. The van der Waals surface area contributed by atoms with Gasteiger partial charge < -0.3 is 9.47 Å². The van der Waals surface area contributed by atoms with Crippen LogP contribution in [0.25, 0.3) is 0 Å². The van der Waals surface area contributed by atoms with E-state index < -0.39 is 18.0 Å². The first kappa shape index (κ1) is 14.9. The number of ketones is 1. The summed E-state index contributed by atoms with van der Waals surface area (Å²) < 4.78 is 9.27. The van der Waals surface area contributed by atoms with Gasteiger partial charge >= 0.3 is 11.9 Å². The molecular formula is C14H16O5. The Kier molecular flexibility index (Phi) is 5.73. The molecule has 0 N–H and O–H groups in total. The first-order valence-corrected chi connectivity index (χ1v) is 5.83. The molecule has 0 aliphatic rings. The SMILES string of the molecule is COC(=O)[C@H](CC(=O)Cc1ccccc1)OC(C)=O. The first-order chi connectivity index (χ1) is 9.02. The zero-order chi connectivity index (χ0) is 14.3. The summed E-state index contributed by atoms with van der Waals surface area (Å²) in [5.74, 6) is -1.54. The standard InChI is InChI=1S/C14H16O5/c1-10(15)19-13(14(17)18-2)9-12(16)8-11-6-4-3-5-7-11/h3-7,13H,8-9H2,1-2H3/t13-/m0/s1. The lowest BCUT2D eigenvalue weighted by molar-refractivity contribution is -0.165. The number of rotatable bonds is 6. The molecule has 0 saturated heterocycles. The molecule has 0 aliphatic heterocycles. The normalized spacial score (nSPS) is 11.5. The summed E-state index contributed by atoms with van der Waals surface area (Å²) in [4.78, 5) is 34.1. The lowest BCUT2D eigenvalue weighted by atomic mass is 10.0. The fourth-order valence-electron chi connectivity index (χ4n) is 1.61. The average Bonchev–Trinajstić information content (AvgIpc) is 2.37. The highest BCUT2D eigenvalue weighted by Gasteiger charge is 2.25. The van der Waals surface area contributed by atoms with E-state index in [1.807, 2.05) is 30.3 Å². The van der Waals surface area contributed by atoms with Crippen LogP contribution in [0.3, 0.4) is 0 Å². The predicted octanol–water partition coefficient (Wildman–Crippen LogP) is 1.29. The van der Waals surface area contributed by atoms with Crippen LogP contribution in [-0.4, -0.2) is 30.9 Å². The van der Waals surface area contributed by atoms with Gasteiger partial charge in [-0.15, -0.1) is 0 Å². The highest BCUT2D eigenvalue weighted by atomic mass is 16.6. The van der Waals surface area contributed by atoms with Gasteiger partial charge in [0.1, 0.15) is 5.78 Å². The summed E-state index contributed by atoms with van der Waals surface area (Å²) >= 11 is 0. The topological polar surface area (TPSA) is 69.7 Å². The Labute approximate surface area is 111 Å². The van der Waals surface area contributed by atoms with Crippen LogP contribution in [0.2, 0.25) is 0 Å². The molecule has 102 valence electrons. The molecule has 0 aliphatic carbocycles. The summed E-state index contributed by atoms with van der Waals surface area (Å²) in [6.07, 6.45) is -1.16. The number of esters is 2. The van der Waals surface area contributed by atoms with E-state index in [-0.39, 0.29) is 18.6 Å². The van der Waals surface area contributed by atoms with Crippen LogP contribution in [-0.2, 0) is 30.3 Å². The van der Waals surface area contributed by atoms with Crippen molar-refractivity contribution in [2.24, 2.45) is 0 Å². The highest BCUT2D eigenvalue weighted by Crippen LogP contribution is 2.07. The maximum atomic E-state index is 11.8. The van der Waals surface area contributed by atoms with Gasteiger partial charge in [-0.2, -0.15) is 0 Å². The number of hydrogen-bond acceptors (Lipinski definition) is 5. The van der Waals surface area contributed by atoms with Crippen molar-refractivity contribution >= 4 is 17.7 Å². The van der Waals surface area contributed by atoms with Gasteiger partial charge in [-0.05, 0) is 5.56 Å². The van der Waals surface area contributed by atoms with Crippen LogP contribution in [0, 0.1) is 0 Å². The second-order valence-corrected chi connectivity index (χ2v) is 4.03. The third-order valence-corrected chi connectivity index (χ3v) is 2.43. The number of benzene rings is 1. The van der Waals surface area contributed by atoms with Gasteiger partial charge in [0.15, 0.2) is 0 Å². The molecule has 0 spiro atoms. The van der Waals surface area contributed by atoms with Gasteiger partial charge in [-0.3, -0.25) is 9.59 Å². The second-order valence-electron chi connectivity index (χ2n) is 4.03. The number of carbonyl (C=O) groups excluding carboxylic acids is 3. The Morgan fingerprint density at radius 2 is 1.79 bits per heavy atom. The monoisotopic (exact) mass is 264 g/mol. The van der Waals surface area contributed by atoms with Gasteiger partial charge in [-0.25, -0.2) is 4.79 Å². The molecule has 5 nitrogen and oxygen atoms in total. The smallest absolute Gasteiger partial charge is 0.347 e. The maximum Gasteiger partial charge on any atom is 0.347 e. The van der Waals surface area contributed by atoms with Crippen molar-refractivity contribution in [2.75, 3.05) is 7.11 Å². The first-order valence-electron chi connectivity index (χ1n) is 5.83. The molecule has 1 rings (SSSR count). The molecule has 0 amide bonds. The number of Topliss-reactive ketones (excluding diaryl/α,β-unsaturated/α-hetero) is 1. The summed E-state index contributed by atoms with van der Waals surface area (Å²) in [5.41, 5.74) is 0.846. The van der Waals surface area contributed by atoms with Gasteiger partial charge in [0.25, 0.3) is 0 Å². The van der Waals surface area contributed by atoms with Crippen LogP contribution >= 0.6 is 0 Å². The number of methoxy groups -OCH3 is 1. The lowest BCUT2D eigenvalue weighted by Gasteiger charge is -2.13. The zero-order valence-corrected chi connectivity index (χ0v) is 10.9. The van der Waals surface area contributed by atoms with Crippen molar-refractivity contribution in [3.8, 4) is 0 Å². The third-order valence-electron chi connectivity index (χ3n) is 2.43. The minimum absolute atomic E-state index is 0.179. The van der Waals surface area contributed by atoms with E-state index in [9.17, 15) is 14.4 Å². The molecule has 0 bridgehead atoms. The van der Waals surface area contributed by atoms with E-state index >= 15 is 0 Å². The molecule has 1 aromatic rings. The molecule has 5 heteroatoms. The second kappa shape index (κ2) is 7.31. The zero-order valence-electron chi connectivity index (χ0n) is 10.9. The Balaban J connectivity index is 2.61. The third kappa shape index (κ3) is 5.33. The molecule has 1 aromatic carbocycles. The Morgan fingerprint density at radius 1 is 1.16 bits per heavy atom. The van der Waals surface area contributed by atoms with Crippen LogP contribution in [0.15, 0.2) is 30.3 Å². The average molecular weight is 264 g/mol. The van der Waals surface area contributed by atoms with E-state index in [4.69, 9.17) is 4.74 Å². The molecule has 1 atom stereocenters. The fraction of sp³-hybridized carbons (Fsp3) is 0.357. The van der Waals surface area contributed by atoms with Gasteiger partial charge in [0.05, 0.1) is 13.5 Å². The molecule has 0 aromatic heterocycles. The van der Waals surface area contributed by atoms with Crippen molar-refractivity contribution in [3.63, 3.8) is 0 Å². The highest BCUT2D eigenvalue weighted by molar-refractivity contribution is 5.88. The van der Waals surface area contributed by atoms with Crippen molar-refractivity contribution < 1.29 is 23.9 Å². The van der Waals surface area contributed by atoms with Crippen molar-refractivity contribution in [3.05, 3.63) is 35.9 Å². The number of ether oxygens (including phenoxy) is 2. The van der Waals surface area contributed by atoms with E-state index in [1.54, 1.807) is 0 Å². The summed E-state index contributed by atoms with van der Waals surface area (Å²) in [7, 11) is 1.18. The van der Waals surface area contributed by atoms with E-state index in [2.05, 4.69) is 4.74 Å². The Bertz CT molecular complexity index is 452.